The third-order valence-electron chi connectivity index (χ3n) is 4.39. The summed E-state index contributed by atoms with van der Waals surface area (Å²) in [6.07, 6.45) is 1.77. The van der Waals surface area contributed by atoms with E-state index in [1.807, 2.05) is 42.5 Å². The van der Waals surface area contributed by atoms with Crippen LogP contribution in [-0.2, 0) is 0 Å². The van der Waals surface area contributed by atoms with Gasteiger partial charge in [-0.3, -0.25) is 0 Å². The maximum Gasteiger partial charge on any atom is 0.126 e. The minimum Gasteiger partial charge on any atom is -0.508 e. The average molecular weight is 329 g/mol. The lowest BCUT2D eigenvalue weighted by molar-refractivity contribution is 0.474. The molecule has 2 aromatic carbocycles. The van der Waals surface area contributed by atoms with Crippen molar-refractivity contribution >= 4 is 16.7 Å². The van der Waals surface area contributed by atoms with E-state index in [1.54, 1.807) is 18.3 Å². The van der Waals surface area contributed by atoms with Crippen LogP contribution in [0.5, 0.6) is 5.75 Å². The lowest BCUT2D eigenvalue weighted by Gasteiger charge is -2.21. The monoisotopic (exact) mass is 329 g/mol. The van der Waals surface area contributed by atoms with E-state index < -0.39 is 0 Å². The van der Waals surface area contributed by atoms with Gasteiger partial charge >= 0.3 is 0 Å². The molecule has 0 bridgehead atoms. The molecular weight excluding hydrogens is 310 g/mol. The molecular formula is C21H19N3O. The first-order valence-corrected chi connectivity index (χ1v) is 8.26. The number of phenols is 1. The molecule has 1 atom stereocenters. The van der Waals surface area contributed by atoms with Crippen molar-refractivity contribution in [2.45, 2.75) is 13.0 Å². The Morgan fingerprint density at radius 2 is 1.84 bits per heavy atom. The second-order valence-electron chi connectivity index (χ2n) is 6.10. The van der Waals surface area contributed by atoms with Gasteiger partial charge in [-0.15, -0.1) is 0 Å². The number of pyridine rings is 1. The molecule has 124 valence electrons. The van der Waals surface area contributed by atoms with Crippen LogP contribution in [0.15, 0.2) is 72.9 Å². The van der Waals surface area contributed by atoms with Gasteiger partial charge in [0.05, 0.1) is 6.04 Å². The van der Waals surface area contributed by atoms with E-state index in [4.69, 9.17) is 0 Å². The quantitative estimate of drug-likeness (QED) is 0.505. The van der Waals surface area contributed by atoms with Crippen LogP contribution in [0, 0.1) is 6.92 Å². The third-order valence-corrected chi connectivity index (χ3v) is 4.39. The Kier molecular flexibility index (Phi) is 3.86. The summed E-state index contributed by atoms with van der Waals surface area (Å²) < 4.78 is 0. The summed E-state index contributed by atoms with van der Waals surface area (Å²) in [4.78, 5) is 7.86. The number of aromatic nitrogens is 2. The zero-order valence-corrected chi connectivity index (χ0v) is 13.9. The number of rotatable bonds is 4. The Morgan fingerprint density at radius 1 is 1.00 bits per heavy atom. The van der Waals surface area contributed by atoms with Gasteiger partial charge in [-0.05, 0) is 42.8 Å². The summed E-state index contributed by atoms with van der Waals surface area (Å²) in [5.41, 5.74) is 4.34. The normalized spacial score (nSPS) is 12.2. The van der Waals surface area contributed by atoms with Gasteiger partial charge in [0.25, 0.3) is 0 Å². The molecule has 0 radical (unpaired) electrons. The van der Waals surface area contributed by atoms with Crippen molar-refractivity contribution in [3.8, 4) is 5.75 Å². The maximum absolute atomic E-state index is 9.96. The molecule has 0 aliphatic rings. The van der Waals surface area contributed by atoms with Crippen molar-refractivity contribution in [1.82, 2.24) is 9.97 Å². The van der Waals surface area contributed by atoms with E-state index in [0.717, 1.165) is 33.5 Å². The largest absolute Gasteiger partial charge is 0.508 e. The Hall–Kier alpha value is -3.27. The molecule has 3 N–H and O–H groups in total. The minimum atomic E-state index is -0.127. The van der Waals surface area contributed by atoms with Crippen LogP contribution in [0.25, 0.3) is 10.9 Å². The Morgan fingerprint density at radius 3 is 2.64 bits per heavy atom. The molecule has 4 nitrogen and oxygen atoms in total. The van der Waals surface area contributed by atoms with Crippen molar-refractivity contribution in [3.05, 3.63) is 89.7 Å². The van der Waals surface area contributed by atoms with Crippen molar-refractivity contribution in [2.24, 2.45) is 0 Å². The van der Waals surface area contributed by atoms with Gasteiger partial charge in [0.2, 0.25) is 0 Å². The van der Waals surface area contributed by atoms with Crippen molar-refractivity contribution in [1.29, 1.82) is 0 Å². The standard InChI is InChI=1S/C21H19N3O/c1-14-20(17-9-2-3-10-18(17)23-14)21(15-7-6-8-16(25)13-15)24-19-11-4-5-12-22-19/h2-13,21,23,25H,1H3,(H,22,24). The number of fused-ring (bicyclic) bond motifs is 1. The zero-order chi connectivity index (χ0) is 17.2. The number of aromatic hydroxyl groups is 1. The summed E-state index contributed by atoms with van der Waals surface area (Å²) in [5, 5.41) is 14.6. The predicted octanol–water partition coefficient (Wildman–Crippen LogP) is 4.78. The summed E-state index contributed by atoms with van der Waals surface area (Å²) in [6.45, 7) is 2.07. The number of aryl methyl sites for hydroxylation is 1. The summed E-state index contributed by atoms with van der Waals surface area (Å²) in [7, 11) is 0. The molecule has 4 aromatic rings. The summed E-state index contributed by atoms with van der Waals surface area (Å²) >= 11 is 0. The first-order chi connectivity index (χ1) is 12.2. The Balaban J connectivity index is 1.89. The van der Waals surface area contributed by atoms with Gasteiger partial charge < -0.3 is 15.4 Å². The van der Waals surface area contributed by atoms with E-state index in [2.05, 4.69) is 34.3 Å². The van der Waals surface area contributed by atoms with Crippen LogP contribution in [0.2, 0.25) is 0 Å². The molecule has 0 fully saturated rings. The van der Waals surface area contributed by atoms with Gasteiger partial charge in [-0.1, -0.05) is 36.4 Å². The van der Waals surface area contributed by atoms with Crippen LogP contribution in [-0.4, -0.2) is 15.1 Å². The second-order valence-corrected chi connectivity index (χ2v) is 6.10. The van der Waals surface area contributed by atoms with Gasteiger partial charge in [0, 0.05) is 28.4 Å². The highest BCUT2D eigenvalue weighted by Gasteiger charge is 2.21. The minimum absolute atomic E-state index is 0.127. The van der Waals surface area contributed by atoms with Crippen LogP contribution < -0.4 is 5.32 Å². The SMILES string of the molecule is Cc1[nH]c2ccccc2c1C(Nc1ccccn1)c1cccc(O)c1. The fraction of sp³-hybridized carbons (Fsp3) is 0.0952. The van der Waals surface area contributed by atoms with E-state index >= 15 is 0 Å². The van der Waals surface area contributed by atoms with Crippen molar-refractivity contribution in [3.63, 3.8) is 0 Å². The first kappa shape index (κ1) is 15.3. The lowest BCUT2D eigenvalue weighted by Crippen LogP contribution is -2.14. The Bertz CT molecular complexity index is 1010. The number of anilines is 1. The van der Waals surface area contributed by atoms with Gasteiger partial charge in [0.15, 0.2) is 0 Å². The molecule has 1 unspecified atom stereocenters. The fourth-order valence-corrected chi connectivity index (χ4v) is 3.29. The molecule has 2 aromatic heterocycles. The van der Waals surface area contributed by atoms with Crippen LogP contribution in [0.3, 0.4) is 0 Å². The summed E-state index contributed by atoms with van der Waals surface area (Å²) in [5.74, 6) is 1.04. The number of H-pyrrole nitrogens is 1. The molecule has 0 aliphatic heterocycles. The molecule has 4 rings (SSSR count). The van der Waals surface area contributed by atoms with Crippen molar-refractivity contribution < 1.29 is 5.11 Å². The number of phenolic OH excluding ortho intramolecular Hbond substituents is 1. The van der Waals surface area contributed by atoms with Crippen molar-refractivity contribution in [2.75, 3.05) is 5.32 Å². The van der Waals surface area contributed by atoms with E-state index in [-0.39, 0.29) is 11.8 Å². The molecule has 0 saturated heterocycles. The van der Waals surface area contributed by atoms with Crippen LogP contribution in [0.4, 0.5) is 5.82 Å². The van der Waals surface area contributed by atoms with E-state index in [0.29, 0.717) is 0 Å². The third kappa shape index (κ3) is 2.94. The highest BCUT2D eigenvalue weighted by Crippen LogP contribution is 2.35. The summed E-state index contributed by atoms with van der Waals surface area (Å²) in [6, 6.07) is 21.3. The van der Waals surface area contributed by atoms with Gasteiger partial charge in [-0.2, -0.15) is 0 Å². The van der Waals surface area contributed by atoms with Crippen LogP contribution >= 0.6 is 0 Å². The molecule has 0 amide bonds. The number of aromatic amines is 1. The molecule has 0 saturated carbocycles. The molecule has 25 heavy (non-hydrogen) atoms. The number of benzene rings is 2. The topological polar surface area (TPSA) is 60.9 Å². The molecule has 0 aliphatic carbocycles. The zero-order valence-electron chi connectivity index (χ0n) is 13.9. The Labute approximate surface area is 146 Å². The number of nitrogens with zero attached hydrogens (tertiary/aromatic N) is 1. The maximum atomic E-state index is 9.96. The van der Waals surface area contributed by atoms with E-state index in [1.165, 1.54) is 0 Å². The average Bonchev–Trinajstić information content (AvgIpc) is 2.96. The molecule has 2 heterocycles. The molecule has 0 spiro atoms. The number of para-hydroxylation sites is 1. The first-order valence-electron chi connectivity index (χ1n) is 8.26. The number of hydrogen-bond donors (Lipinski definition) is 3. The van der Waals surface area contributed by atoms with Gasteiger partial charge in [-0.25, -0.2) is 4.98 Å². The smallest absolute Gasteiger partial charge is 0.126 e. The predicted molar refractivity (Wildman–Crippen MR) is 101 cm³/mol. The van der Waals surface area contributed by atoms with Crippen LogP contribution in [0.1, 0.15) is 22.9 Å². The highest BCUT2D eigenvalue weighted by atomic mass is 16.3. The van der Waals surface area contributed by atoms with Gasteiger partial charge in [0.1, 0.15) is 11.6 Å². The number of hydrogen-bond acceptors (Lipinski definition) is 3. The lowest BCUT2D eigenvalue weighted by atomic mass is 9.95. The number of nitrogens with one attached hydrogen (secondary N) is 2. The molecule has 4 heteroatoms. The van der Waals surface area contributed by atoms with E-state index in [9.17, 15) is 5.11 Å². The second kappa shape index (κ2) is 6.32. The fourth-order valence-electron chi connectivity index (χ4n) is 3.29. The highest BCUT2D eigenvalue weighted by molar-refractivity contribution is 5.86.